The molecule has 2 aromatic rings. The number of pyridine rings is 1. The number of nitrogens with one attached hydrogen (secondary N) is 1. The number of carbonyl (C=O) groups excluding carboxylic acids is 1. The monoisotopic (exact) mass is 293 g/mol. The Bertz CT molecular complexity index is 717. The molecule has 0 radical (unpaired) electrons. The fraction of sp³-hybridized carbons (Fsp3) is 0.0769. The average Bonchev–Trinajstić information content (AvgIpc) is 2.41. The second kappa shape index (κ2) is 5.61. The van der Waals surface area contributed by atoms with Crippen LogP contribution in [-0.2, 0) is 0 Å². The molecule has 2 rings (SSSR count). The van der Waals surface area contributed by atoms with Crippen LogP contribution in [0.25, 0.3) is 0 Å². The van der Waals surface area contributed by atoms with E-state index in [-0.39, 0.29) is 5.69 Å². The van der Waals surface area contributed by atoms with Gasteiger partial charge in [-0.25, -0.2) is 4.39 Å². The molecular formula is C13H9F2N3O3. The van der Waals surface area contributed by atoms with Crippen molar-refractivity contribution in [2.75, 3.05) is 5.32 Å². The van der Waals surface area contributed by atoms with E-state index in [0.29, 0.717) is 17.8 Å². The van der Waals surface area contributed by atoms with Crippen molar-refractivity contribution in [3.8, 4) is 0 Å². The normalized spacial score (nSPS) is 10.2. The van der Waals surface area contributed by atoms with Crippen LogP contribution in [0, 0.1) is 28.7 Å². The quantitative estimate of drug-likeness (QED) is 0.696. The number of hydrogen-bond donors (Lipinski definition) is 1. The van der Waals surface area contributed by atoms with Gasteiger partial charge in [0.2, 0.25) is 5.82 Å². The number of nitro benzene ring substituents is 1. The molecule has 0 saturated carbocycles. The van der Waals surface area contributed by atoms with E-state index in [0.717, 1.165) is 0 Å². The molecule has 1 N–H and O–H groups in total. The van der Waals surface area contributed by atoms with Gasteiger partial charge >= 0.3 is 5.69 Å². The molecule has 0 spiro atoms. The topological polar surface area (TPSA) is 85.1 Å². The highest BCUT2D eigenvalue weighted by Crippen LogP contribution is 2.23. The minimum atomic E-state index is -1.52. The lowest BCUT2D eigenvalue weighted by Gasteiger charge is -2.07. The van der Waals surface area contributed by atoms with Crippen LogP contribution in [0.3, 0.4) is 0 Å². The molecule has 8 heteroatoms. The van der Waals surface area contributed by atoms with Crippen molar-refractivity contribution in [1.82, 2.24) is 4.98 Å². The summed E-state index contributed by atoms with van der Waals surface area (Å²) in [6.45, 7) is 1.73. The van der Waals surface area contributed by atoms with Gasteiger partial charge in [-0.15, -0.1) is 0 Å². The SMILES string of the molecule is Cc1ccc(NC(=O)c2c(F)ccc([N+](=O)[O-])c2F)cn1. The Morgan fingerprint density at radius 1 is 1.29 bits per heavy atom. The molecule has 0 bridgehead atoms. The van der Waals surface area contributed by atoms with Crippen LogP contribution in [0.4, 0.5) is 20.2 Å². The summed E-state index contributed by atoms with van der Waals surface area (Å²) in [5.41, 5.74) is -1.06. The summed E-state index contributed by atoms with van der Waals surface area (Å²) in [5.74, 6) is -3.83. The fourth-order valence-electron chi connectivity index (χ4n) is 1.63. The highest BCUT2D eigenvalue weighted by molar-refractivity contribution is 6.05. The molecule has 108 valence electrons. The molecule has 6 nitrogen and oxygen atoms in total. The third-order valence-electron chi connectivity index (χ3n) is 2.66. The number of amides is 1. The Kier molecular flexibility index (Phi) is 3.88. The number of nitro groups is 1. The van der Waals surface area contributed by atoms with E-state index in [4.69, 9.17) is 0 Å². The first-order valence-corrected chi connectivity index (χ1v) is 5.76. The van der Waals surface area contributed by atoms with Crippen LogP contribution in [0.2, 0.25) is 0 Å². The van der Waals surface area contributed by atoms with Crippen LogP contribution < -0.4 is 5.32 Å². The summed E-state index contributed by atoms with van der Waals surface area (Å²) in [5, 5.41) is 12.8. The van der Waals surface area contributed by atoms with Crippen LogP contribution in [0.1, 0.15) is 16.1 Å². The van der Waals surface area contributed by atoms with Crippen molar-refractivity contribution in [1.29, 1.82) is 0 Å². The Balaban J connectivity index is 2.37. The lowest BCUT2D eigenvalue weighted by Crippen LogP contribution is -2.17. The van der Waals surface area contributed by atoms with Gasteiger partial charge in [-0.3, -0.25) is 19.9 Å². The van der Waals surface area contributed by atoms with Crippen LogP contribution in [0.5, 0.6) is 0 Å². The third-order valence-corrected chi connectivity index (χ3v) is 2.66. The van der Waals surface area contributed by atoms with Crippen LogP contribution in [0.15, 0.2) is 30.5 Å². The van der Waals surface area contributed by atoms with E-state index < -0.39 is 33.7 Å². The zero-order valence-corrected chi connectivity index (χ0v) is 10.8. The largest absolute Gasteiger partial charge is 0.320 e. The maximum absolute atomic E-state index is 13.8. The standard InChI is InChI=1S/C13H9F2N3O3/c1-7-2-3-8(6-16-7)17-13(19)11-9(14)4-5-10(12(11)15)18(20)21/h2-6H,1H3,(H,17,19). The smallest absolute Gasteiger partial charge is 0.305 e. The Morgan fingerprint density at radius 3 is 2.57 bits per heavy atom. The molecule has 0 unspecified atom stereocenters. The van der Waals surface area contributed by atoms with E-state index in [1.807, 2.05) is 0 Å². The zero-order chi connectivity index (χ0) is 15.6. The van der Waals surface area contributed by atoms with Crippen molar-refractivity contribution in [3.63, 3.8) is 0 Å². The summed E-state index contributed by atoms with van der Waals surface area (Å²) >= 11 is 0. The average molecular weight is 293 g/mol. The number of carbonyl (C=O) groups is 1. The summed E-state index contributed by atoms with van der Waals surface area (Å²) in [4.78, 5) is 25.4. The molecule has 1 heterocycles. The van der Waals surface area contributed by atoms with Gasteiger partial charge in [0.1, 0.15) is 11.4 Å². The number of nitrogens with zero attached hydrogens (tertiary/aromatic N) is 2. The molecule has 0 aliphatic heterocycles. The van der Waals surface area contributed by atoms with Gasteiger partial charge < -0.3 is 5.32 Å². The van der Waals surface area contributed by atoms with Crippen molar-refractivity contribution in [2.24, 2.45) is 0 Å². The molecule has 1 aromatic heterocycles. The lowest BCUT2D eigenvalue weighted by molar-refractivity contribution is -0.387. The number of aryl methyl sites for hydroxylation is 1. The van der Waals surface area contributed by atoms with E-state index >= 15 is 0 Å². The summed E-state index contributed by atoms with van der Waals surface area (Å²) in [6, 6.07) is 4.42. The maximum Gasteiger partial charge on any atom is 0.305 e. The van der Waals surface area contributed by atoms with E-state index in [1.165, 1.54) is 12.3 Å². The van der Waals surface area contributed by atoms with E-state index in [2.05, 4.69) is 10.3 Å². The van der Waals surface area contributed by atoms with Crippen LogP contribution in [-0.4, -0.2) is 15.8 Å². The van der Waals surface area contributed by atoms with Gasteiger partial charge in [-0.05, 0) is 25.1 Å². The number of rotatable bonds is 3. The molecule has 0 aliphatic rings. The summed E-state index contributed by atoms with van der Waals surface area (Å²) in [7, 11) is 0. The third kappa shape index (κ3) is 2.99. The molecular weight excluding hydrogens is 284 g/mol. The van der Waals surface area contributed by atoms with Crippen LogP contribution >= 0.6 is 0 Å². The minimum Gasteiger partial charge on any atom is -0.320 e. The molecule has 0 saturated heterocycles. The Labute approximate surface area is 117 Å². The molecule has 0 aliphatic carbocycles. The zero-order valence-electron chi connectivity index (χ0n) is 10.8. The van der Waals surface area contributed by atoms with Crippen molar-refractivity contribution < 1.29 is 18.5 Å². The van der Waals surface area contributed by atoms with E-state index in [1.54, 1.807) is 13.0 Å². The second-order valence-corrected chi connectivity index (χ2v) is 4.15. The minimum absolute atomic E-state index is 0.218. The van der Waals surface area contributed by atoms with Crippen molar-refractivity contribution in [2.45, 2.75) is 6.92 Å². The van der Waals surface area contributed by atoms with E-state index in [9.17, 15) is 23.7 Å². The summed E-state index contributed by atoms with van der Waals surface area (Å²) in [6.07, 6.45) is 1.31. The van der Waals surface area contributed by atoms with Gasteiger partial charge in [0.05, 0.1) is 16.8 Å². The Hall–Kier alpha value is -2.90. The van der Waals surface area contributed by atoms with Gasteiger partial charge in [-0.1, -0.05) is 0 Å². The van der Waals surface area contributed by atoms with Crippen molar-refractivity contribution in [3.05, 3.63) is 63.5 Å². The molecule has 1 aromatic carbocycles. The maximum atomic E-state index is 13.8. The van der Waals surface area contributed by atoms with Gasteiger partial charge in [-0.2, -0.15) is 4.39 Å². The predicted octanol–water partition coefficient (Wildman–Crippen LogP) is 2.83. The first-order chi connectivity index (χ1) is 9.90. The number of halogens is 2. The highest BCUT2D eigenvalue weighted by atomic mass is 19.1. The molecule has 0 atom stereocenters. The first kappa shape index (κ1) is 14.5. The number of benzene rings is 1. The van der Waals surface area contributed by atoms with Gasteiger partial charge in [0, 0.05) is 11.8 Å². The number of hydrogen-bond acceptors (Lipinski definition) is 4. The lowest BCUT2D eigenvalue weighted by atomic mass is 10.1. The molecule has 21 heavy (non-hydrogen) atoms. The summed E-state index contributed by atoms with van der Waals surface area (Å²) < 4.78 is 27.4. The second-order valence-electron chi connectivity index (χ2n) is 4.15. The first-order valence-electron chi connectivity index (χ1n) is 5.76. The fourth-order valence-corrected chi connectivity index (χ4v) is 1.63. The molecule has 1 amide bonds. The highest BCUT2D eigenvalue weighted by Gasteiger charge is 2.26. The van der Waals surface area contributed by atoms with Gasteiger partial charge in [0.25, 0.3) is 5.91 Å². The van der Waals surface area contributed by atoms with Crippen molar-refractivity contribution >= 4 is 17.3 Å². The predicted molar refractivity (Wildman–Crippen MR) is 69.9 cm³/mol. The number of anilines is 1. The number of aromatic nitrogens is 1. The molecule has 0 fully saturated rings. The Morgan fingerprint density at radius 2 is 2.00 bits per heavy atom. The van der Waals surface area contributed by atoms with Gasteiger partial charge in [0.15, 0.2) is 0 Å².